The molecule has 1 aliphatic heterocycles. The molecule has 0 aliphatic carbocycles. The Bertz CT molecular complexity index is 527. The summed E-state index contributed by atoms with van der Waals surface area (Å²) in [4.78, 5) is 37.8. The molecule has 3 amide bonds. The first kappa shape index (κ1) is 12.1. The van der Waals surface area contributed by atoms with Gasteiger partial charge in [-0.1, -0.05) is 0 Å². The summed E-state index contributed by atoms with van der Waals surface area (Å²) < 4.78 is 0. The maximum absolute atomic E-state index is 11.6. The topological polar surface area (TPSA) is 111 Å². The van der Waals surface area contributed by atoms with Crippen LogP contribution in [0.15, 0.2) is 18.2 Å². The first-order valence-corrected chi connectivity index (χ1v) is 5.19. The summed E-state index contributed by atoms with van der Waals surface area (Å²) >= 11 is 0. The van der Waals surface area contributed by atoms with Crippen molar-refractivity contribution in [3.8, 4) is 0 Å². The monoisotopic (exact) mass is 249 g/mol. The van der Waals surface area contributed by atoms with Gasteiger partial charge in [-0.05, 0) is 23.8 Å². The lowest BCUT2D eigenvalue weighted by molar-refractivity contribution is -0.124. The summed E-state index contributed by atoms with van der Waals surface area (Å²) in [6.45, 7) is -0.392. The predicted molar refractivity (Wildman–Crippen MR) is 61.4 cm³/mol. The zero-order chi connectivity index (χ0) is 13.1. The lowest BCUT2D eigenvalue weighted by atomic mass is 10.1. The van der Waals surface area contributed by atoms with Crippen LogP contribution in [0.3, 0.4) is 0 Å². The van der Waals surface area contributed by atoms with E-state index in [1.165, 1.54) is 0 Å². The van der Waals surface area contributed by atoms with Crippen molar-refractivity contribution in [1.82, 2.24) is 5.48 Å². The fourth-order valence-corrected chi connectivity index (χ4v) is 1.60. The zero-order valence-corrected chi connectivity index (χ0v) is 9.36. The Labute approximate surface area is 102 Å². The van der Waals surface area contributed by atoms with Gasteiger partial charge in [-0.3, -0.25) is 19.2 Å². The van der Waals surface area contributed by atoms with E-state index in [1.54, 1.807) is 18.2 Å². The van der Waals surface area contributed by atoms with E-state index in [0.29, 0.717) is 11.3 Å². The molecule has 0 fully saturated rings. The largest absolute Gasteiger partial charge is 0.368 e. The Balaban J connectivity index is 2.01. The number of carbonyl (C=O) groups excluding carboxylic acids is 3. The maximum atomic E-state index is 11.6. The summed E-state index contributed by atoms with van der Waals surface area (Å²) in [5.41, 5.74) is 8.73. The number of benzene rings is 1. The van der Waals surface area contributed by atoms with E-state index in [-0.39, 0.29) is 12.3 Å². The van der Waals surface area contributed by atoms with Crippen molar-refractivity contribution < 1.29 is 19.2 Å². The highest BCUT2D eigenvalue weighted by Crippen LogP contribution is 2.23. The lowest BCUT2D eigenvalue weighted by Gasteiger charge is -2.05. The van der Waals surface area contributed by atoms with E-state index in [1.807, 2.05) is 0 Å². The fourth-order valence-electron chi connectivity index (χ4n) is 1.60. The second-order valence-electron chi connectivity index (χ2n) is 3.78. The smallest absolute Gasteiger partial charge is 0.274 e. The predicted octanol–water partition coefficient (Wildman–Crippen LogP) is -0.672. The molecule has 1 aliphatic rings. The molecule has 7 nitrogen and oxygen atoms in total. The molecule has 4 N–H and O–H groups in total. The number of rotatable bonds is 4. The van der Waals surface area contributed by atoms with E-state index >= 15 is 0 Å². The Kier molecular flexibility index (Phi) is 3.24. The van der Waals surface area contributed by atoms with Crippen LogP contribution in [-0.4, -0.2) is 24.3 Å². The third-order valence-corrected chi connectivity index (χ3v) is 2.37. The summed E-state index contributed by atoms with van der Waals surface area (Å²) in [7, 11) is 0. The molecule has 7 heteroatoms. The van der Waals surface area contributed by atoms with Crippen LogP contribution in [0.2, 0.25) is 0 Å². The first-order valence-electron chi connectivity index (χ1n) is 5.19. The Morgan fingerprint density at radius 2 is 2.22 bits per heavy atom. The van der Waals surface area contributed by atoms with Crippen LogP contribution in [0, 0.1) is 0 Å². The second kappa shape index (κ2) is 4.84. The number of fused-ring (bicyclic) bond motifs is 1. The van der Waals surface area contributed by atoms with Crippen molar-refractivity contribution in [2.75, 3.05) is 11.9 Å². The van der Waals surface area contributed by atoms with Gasteiger partial charge in [-0.15, -0.1) is 0 Å². The molecular weight excluding hydrogens is 238 g/mol. The van der Waals surface area contributed by atoms with Gasteiger partial charge in [-0.25, -0.2) is 5.48 Å². The number of anilines is 1. The third-order valence-electron chi connectivity index (χ3n) is 2.37. The number of carbonyl (C=O) groups is 3. The molecule has 0 radical (unpaired) electrons. The highest BCUT2D eigenvalue weighted by molar-refractivity contribution is 6.01. The minimum absolute atomic E-state index is 0.104. The molecular formula is C11H11N3O4. The molecule has 0 unspecified atom stereocenters. The molecule has 0 spiro atoms. The number of nitrogens with two attached hydrogens (primary N) is 1. The van der Waals surface area contributed by atoms with E-state index in [9.17, 15) is 14.4 Å². The molecule has 0 saturated carbocycles. The molecule has 0 saturated heterocycles. The molecule has 0 atom stereocenters. The Hall–Kier alpha value is -2.41. The van der Waals surface area contributed by atoms with Gasteiger partial charge in [0.05, 0.1) is 6.42 Å². The molecule has 0 aromatic heterocycles. The van der Waals surface area contributed by atoms with Crippen LogP contribution in [0.4, 0.5) is 5.69 Å². The number of hydrogen-bond acceptors (Lipinski definition) is 4. The van der Waals surface area contributed by atoms with Gasteiger partial charge in [0.2, 0.25) is 11.8 Å². The third kappa shape index (κ3) is 2.64. The van der Waals surface area contributed by atoms with Crippen LogP contribution in [-0.2, 0) is 20.8 Å². The van der Waals surface area contributed by atoms with Crippen molar-refractivity contribution in [3.05, 3.63) is 29.3 Å². The van der Waals surface area contributed by atoms with Crippen molar-refractivity contribution in [2.45, 2.75) is 6.42 Å². The lowest BCUT2D eigenvalue weighted by Crippen LogP contribution is -2.29. The van der Waals surface area contributed by atoms with Gasteiger partial charge in [0.1, 0.15) is 0 Å². The first-order chi connectivity index (χ1) is 8.56. The number of nitrogens with one attached hydrogen (secondary N) is 2. The standard InChI is InChI=1S/C11H11N3O4/c12-9(15)5-18-14-11(17)6-1-2-8-7(3-6)4-10(16)13-8/h1-3H,4-5H2,(H2,12,15)(H,13,16)(H,14,17). The van der Waals surface area contributed by atoms with Crippen molar-refractivity contribution in [3.63, 3.8) is 0 Å². The number of primary amides is 1. The van der Waals surface area contributed by atoms with Crippen LogP contribution in [0.25, 0.3) is 0 Å². The van der Waals surface area contributed by atoms with Crippen LogP contribution < -0.4 is 16.5 Å². The van der Waals surface area contributed by atoms with E-state index in [0.717, 1.165) is 5.56 Å². The number of amides is 3. The molecule has 0 bridgehead atoms. The van der Waals surface area contributed by atoms with E-state index < -0.39 is 18.4 Å². The van der Waals surface area contributed by atoms with Crippen LogP contribution in [0.1, 0.15) is 15.9 Å². The second-order valence-corrected chi connectivity index (χ2v) is 3.78. The molecule has 1 aromatic carbocycles. The van der Waals surface area contributed by atoms with Gasteiger partial charge in [-0.2, -0.15) is 0 Å². The summed E-state index contributed by atoms with van der Waals surface area (Å²) in [5, 5.41) is 2.66. The van der Waals surface area contributed by atoms with Crippen molar-refractivity contribution >= 4 is 23.4 Å². The number of hydroxylamine groups is 1. The summed E-state index contributed by atoms with van der Waals surface area (Å²) in [6, 6.07) is 4.78. The molecule has 18 heavy (non-hydrogen) atoms. The summed E-state index contributed by atoms with van der Waals surface area (Å²) in [6.07, 6.45) is 0.249. The molecule has 1 aromatic rings. The SMILES string of the molecule is NC(=O)CONC(=O)c1ccc2c(c1)CC(=O)N2. The minimum Gasteiger partial charge on any atom is -0.368 e. The average molecular weight is 249 g/mol. The Morgan fingerprint density at radius 1 is 1.44 bits per heavy atom. The molecule has 2 rings (SSSR count). The Morgan fingerprint density at radius 3 is 2.94 bits per heavy atom. The van der Waals surface area contributed by atoms with Crippen molar-refractivity contribution in [2.24, 2.45) is 5.73 Å². The van der Waals surface area contributed by atoms with Gasteiger partial charge in [0, 0.05) is 11.3 Å². The highest BCUT2D eigenvalue weighted by Gasteiger charge is 2.19. The van der Waals surface area contributed by atoms with Gasteiger partial charge in [0.25, 0.3) is 5.91 Å². The highest BCUT2D eigenvalue weighted by atomic mass is 16.7. The van der Waals surface area contributed by atoms with Gasteiger partial charge >= 0.3 is 0 Å². The van der Waals surface area contributed by atoms with E-state index in [2.05, 4.69) is 15.6 Å². The zero-order valence-electron chi connectivity index (χ0n) is 9.36. The molecule has 94 valence electrons. The minimum atomic E-state index is -0.681. The fraction of sp³-hybridized carbons (Fsp3) is 0.182. The maximum Gasteiger partial charge on any atom is 0.274 e. The normalized spacial score (nSPS) is 12.8. The summed E-state index contributed by atoms with van der Waals surface area (Å²) in [5.74, 6) is -1.29. The van der Waals surface area contributed by atoms with E-state index in [4.69, 9.17) is 5.73 Å². The van der Waals surface area contributed by atoms with Gasteiger partial charge < -0.3 is 11.1 Å². The van der Waals surface area contributed by atoms with Crippen molar-refractivity contribution in [1.29, 1.82) is 0 Å². The molecule has 1 heterocycles. The van der Waals surface area contributed by atoms with Crippen LogP contribution >= 0.6 is 0 Å². The average Bonchev–Trinajstić information content (AvgIpc) is 2.67. The van der Waals surface area contributed by atoms with Crippen LogP contribution in [0.5, 0.6) is 0 Å². The number of hydrogen-bond donors (Lipinski definition) is 3. The quantitative estimate of drug-likeness (QED) is 0.614. The van der Waals surface area contributed by atoms with Gasteiger partial charge in [0.15, 0.2) is 6.61 Å².